The molecule has 0 aliphatic heterocycles. The minimum absolute atomic E-state index is 0.0551. The molecule has 0 saturated heterocycles. The van der Waals surface area contributed by atoms with Gasteiger partial charge < -0.3 is 4.74 Å². The summed E-state index contributed by atoms with van der Waals surface area (Å²) < 4.78 is 6.60. The van der Waals surface area contributed by atoms with Crippen molar-refractivity contribution in [2.45, 2.75) is 12.5 Å². The maximum atomic E-state index is 10.7. The number of benzene rings is 2. The van der Waals surface area contributed by atoms with Crippen molar-refractivity contribution in [3.05, 3.63) is 68.2 Å². The Morgan fingerprint density at radius 1 is 1.25 bits per heavy atom. The number of hydrogen-bond acceptors (Lipinski definition) is 3. The molecule has 0 radical (unpaired) electrons. The molecule has 0 unspecified atom stereocenters. The highest BCUT2D eigenvalue weighted by atomic mass is 79.9. The van der Waals surface area contributed by atoms with Gasteiger partial charge in [0.25, 0.3) is 5.69 Å². The number of nitro groups is 1. The summed E-state index contributed by atoms with van der Waals surface area (Å²) in [6, 6.07) is 11.9. The topological polar surface area (TPSA) is 52.4 Å². The lowest BCUT2D eigenvalue weighted by Gasteiger charge is -2.10. The van der Waals surface area contributed by atoms with Crippen LogP contribution in [-0.4, -0.2) is 4.92 Å². The number of non-ortho nitro benzene ring substituents is 1. The quantitative estimate of drug-likeness (QED) is 0.444. The average Bonchev–Trinajstić information content (AvgIpc) is 2.46. The van der Waals surface area contributed by atoms with Crippen LogP contribution in [0.5, 0.6) is 5.75 Å². The predicted molar refractivity (Wildman–Crippen MR) is 81.1 cm³/mol. The molecule has 6 heteroatoms. The average molecular weight is 357 g/mol. The molecule has 2 aromatic rings. The summed E-state index contributed by atoms with van der Waals surface area (Å²) >= 11 is 9.23. The van der Waals surface area contributed by atoms with Gasteiger partial charge in [0.15, 0.2) is 0 Å². The molecular weight excluding hydrogens is 346 g/mol. The highest BCUT2D eigenvalue weighted by Crippen LogP contribution is 2.26. The van der Waals surface area contributed by atoms with Crippen molar-refractivity contribution in [1.29, 1.82) is 0 Å². The van der Waals surface area contributed by atoms with Gasteiger partial charge in [0, 0.05) is 22.2 Å². The largest absolute Gasteiger partial charge is 0.489 e. The van der Waals surface area contributed by atoms with Gasteiger partial charge in [-0.15, -0.1) is 11.6 Å². The summed E-state index contributed by atoms with van der Waals surface area (Å²) in [6.07, 6.45) is 0. The van der Waals surface area contributed by atoms with Gasteiger partial charge in [-0.3, -0.25) is 10.1 Å². The van der Waals surface area contributed by atoms with E-state index in [0.717, 1.165) is 15.6 Å². The Morgan fingerprint density at radius 3 is 2.75 bits per heavy atom. The molecule has 0 N–H and O–H groups in total. The fourth-order valence-electron chi connectivity index (χ4n) is 1.71. The van der Waals surface area contributed by atoms with Crippen LogP contribution < -0.4 is 4.74 Å². The van der Waals surface area contributed by atoms with Gasteiger partial charge in [-0.05, 0) is 23.8 Å². The number of ether oxygens (including phenoxy) is 1. The molecule has 0 aliphatic rings. The van der Waals surface area contributed by atoms with Gasteiger partial charge >= 0.3 is 0 Å². The van der Waals surface area contributed by atoms with Gasteiger partial charge in [0.05, 0.1) is 10.8 Å². The van der Waals surface area contributed by atoms with Crippen molar-refractivity contribution in [2.24, 2.45) is 0 Å². The van der Waals surface area contributed by atoms with E-state index in [1.165, 1.54) is 12.1 Å². The SMILES string of the molecule is O=[N+]([O-])c1cccc(COc2ccc(Br)cc2CCl)c1. The molecule has 0 fully saturated rings. The molecule has 4 nitrogen and oxygen atoms in total. The Bertz CT molecular complexity index is 634. The zero-order valence-corrected chi connectivity index (χ0v) is 12.7. The number of nitro benzene ring substituents is 1. The van der Waals surface area contributed by atoms with Gasteiger partial charge in [-0.1, -0.05) is 28.1 Å². The standard InChI is InChI=1S/C14H11BrClNO3/c15-12-4-5-14(11(7-12)8-16)20-9-10-2-1-3-13(6-10)17(18)19/h1-7H,8-9H2. The Labute approximate surface area is 129 Å². The van der Waals surface area contributed by atoms with Crippen LogP contribution in [0.15, 0.2) is 46.9 Å². The lowest BCUT2D eigenvalue weighted by molar-refractivity contribution is -0.384. The molecule has 0 spiro atoms. The Hall–Kier alpha value is -1.59. The summed E-state index contributed by atoms with van der Waals surface area (Å²) in [5.74, 6) is 1.01. The van der Waals surface area contributed by atoms with E-state index in [0.29, 0.717) is 11.6 Å². The van der Waals surface area contributed by atoms with Crippen LogP contribution in [-0.2, 0) is 12.5 Å². The first-order valence-corrected chi connectivity index (χ1v) is 7.13. The third kappa shape index (κ3) is 3.71. The smallest absolute Gasteiger partial charge is 0.269 e. The van der Waals surface area contributed by atoms with Crippen LogP contribution in [0.2, 0.25) is 0 Å². The number of alkyl halides is 1. The molecule has 0 saturated carbocycles. The first kappa shape index (κ1) is 14.8. The van der Waals surface area contributed by atoms with Crippen LogP contribution in [0.1, 0.15) is 11.1 Å². The van der Waals surface area contributed by atoms with Crippen molar-refractivity contribution in [1.82, 2.24) is 0 Å². The second-order valence-corrected chi connectivity index (χ2v) is 5.28. The molecule has 2 rings (SSSR count). The van der Waals surface area contributed by atoms with Gasteiger partial charge in [0.2, 0.25) is 0 Å². The first-order chi connectivity index (χ1) is 9.60. The lowest BCUT2D eigenvalue weighted by Crippen LogP contribution is -1.99. The summed E-state index contributed by atoms with van der Waals surface area (Å²) in [7, 11) is 0. The third-order valence-electron chi connectivity index (χ3n) is 2.68. The van der Waals surface area contributed by atoms with E-state index in [9.17, 15) is 10.1 Å². The van der Waals surface area contributed by atoms with E-state index in [1.54, 1.807) is 12.1 Å². The van der Waals surface area contributed by atoms with Crippen LogP contribution in [0, 0.1) is 10.1 Å². The normalized spacial score (nSPS) is 10.3. The van der Waals surface area contributed by atoms with Crippen LogP contribution in [0.3, 0.4) is 0 Å². The highest BCUT2D eigenvalue weighted by Gasteiger charge is 2.08. The second-order valence-electron chi connectivity index (χ2n) is 4.10. The first-order valence-electron chi connectivity index (χ1n) is 5.80. The molecule has 20 heavy (non-hydrogen) atoms. The van der Waals surface area contributed by atoms with E-state index < -0.39 is 4.92 Å². The van der Waals surface area contributed by atoms with Gasteiger partial charge in [0.1, 0.15) is 12.4 Å². The fourth-order valence-corrected chi connectivity index (χ4v) is 2.33. The molecular formula is C14H11BrClNO3. The molecule has 0 heterocycles. The van der Waals surface area contributed by atoms with Gasteiger partial charge in [-0.25, -0.2) is 0 Å². The predicted octanol–water partition coefficient (Wildman–Crippen LogP) is 4.68. The minimum atomic E-state index is -0.423. The van der Waals surface area contributed by atoms with Crippen LogP contribution >= 0.6 is 27.5 Å². The number of halogens is 2. The Morgan fingerprint density at radius 2 is 2.05 bits per heavy atom. The lowest BCUT2D eigenvalue weighted by atomic mass is 10.2. The van der Waals surface area contributed by atoms with Crippen LogP contribution in [0.4, 0.5) is 5.69 Å². The second kappa shape index (κ2) is 6.72. The monoisotopic (exact) mass is 355 g/mol. The molecule has 0 aromatic heterocycles. The molecule has 0 atom stereocenters. The summed E-state index contributed by atoms with van der Waals surface area (Å²) in [5.41, 5.74) is 1.66. The van der Waals surface area contributed by atoms with Crippen LogP contribution in [0.25, 0.3) is 0 Å². The van der Waals surface area contributed by atoms with Crippen molar-refractivity contribution in [2.75, 3.05) is 0 Å². The summed E-state index contributed by atoms with van der Waals surface area (Å²) in [5, 5.41) is 10.7. The summed E-state index contributed by atoms with van der Waals surface area (Å²) in [6.45, 7) is 0.257. The number of rotatable bonds is 5. The van der Waals surface area contributed by atoms with Gasteiger partial charge in [-0.2, -0.15) is 0 Å². The maximum absolute atomic E-state index is 10.7. The zero-order chi connectivity index (χ0) is 14.5. The molecule has 0 aliphatic carbocycles. The zero-order valence-electron chi connectivity index (χ0n) is 10.4. The molecule has 0 bridgehead atoms. The Kier molecular flexibility index (Phi) is 4.98. The number of nitrogens with zero attached hydrogens (tertiary/aromatic N) is 1. The highest BCUT2D eigenvalue weighted by molar-refractivity contribution is 9.10. The Balaban J connectivity index is 2.12. The van der Waals surface area contributed by atoms with Crippen molar-refractivity contribution >= 4 is 33.2 Å². The fraction of sp³-hybridized carbons (Fsp3) is 0.143. The molecule has 2 aromatic carbocycles. The molecule has 104 valence electrons. The van der Waals surface area contributed by atoms with Crippen molar-refractivity contribution < 1.29 is 9.66 Å². The van der Waals surface area contributed by atoms with E-state index in [1.807, 2.05) is 18.2 Å². The minimum Gasteiger partial charge on any atom is -0.489 e. The van der Waals surface area contributed by atoms with E-state index in [2.05, 4.69) is 15.9 Å². The summed E-state index contributed by atoms with van der Waals surface area (Å²) in [4.78, 5) is 10.3. The van der Waals surface area contributed by atoms with Crippen molar-refractivity contribution in [3.63, 3.8) is 0 Å². The van der Waals surface area contributed by atoms with E-state index in [-0.39, 0.29) is 12.3 Å². The maximum Gasteiger partial charge on any atom is 0.269 e. The molecule has 0 amide bonds. The van der Waals surface area contributed by atoms with E-state index in [4.69, 9.17) is 16.3 Å². The third-order valence-corrected chi connectivity index (χ3v) is 3.46. The number of hydrogen-bond donors (Lipinski definition) is 0. The van der Waals surface area contributed by atoms with E-state index >= 15 is 0 Å². The van der Waals surface area contributed by atoms with Crippen molar-refractivity contribution in [3.8, 4) is 5.75 Å².